The van der Waals surface area contributed by atoms with Crippen LogP contribution in [0.1, 0.15) is 101 Å². The predicted molar refractivity (Wildman–Crippen MR) is 260 cm³/mol. The summed E-state index contributed by atoms with van der Waals surface area (Å²) in [5.41, 5.74) is 11.2. The number of benzene rings is 4. The van der Waals surface area contributed by atoms with E-state index in [-0.39, 0.29) is 48.7 Å². The second-order valence-corrected chi connectivity index (χ2v) is 19.3. The molecule has 0 unspecified atom stereocenters. The topological polar surface area (TPSA) is 171 Å². The highest BCUT2D eigenvalue weighted by Crippen LogP contribution is 2.31. The lowest BCUT2D eigenvalue weighted by molar-refractivity contribution is -0.150. The van der Waals surface area contributed by atoms with Crippen LogP contribution in [0.3, 0.4) is 0 Å². The maximum absolute atomic E-state index is 13.8. The predicted octanol–water partition coefficient (Wildman–Crippen LogP) is 7.48. The molecule has 2 saturated heterocycles. The zero-order chi connectivity index (χ0) is 48.7. The Hall–Kier alpha value is -5.69. The molecule has 2 aliphatic rings. The number of hydrogen-bond donors (Lipinski definition) is 3. The number of ketones is 2. The number of likely N-dealkylation sites (tertiary alicyclic amines) is 1. The molecule has 4 aromatic carbocycles. The fraction of sp³-hybridized carbons (Fsp3) is 0.473. The number of carbonyl (C=O) groups excluding carboxylic acids is 5. The Bertz CT molecular complexity index is 2250. The summed E-state index contributed by atoms with van der Waals surface area (Å²) in [5.74, 6) is -1.71. The number of nitrogens with two attached hydrogens (primary N) is 1. The first-order chi connectivity index (χ1) is 32.0. The summed E-state index contributed by atoms with van der Waals surface area (Å²) in [6.45, 7) is 13.0. The van der Waals surface area contributed by atoms with Gasteiger partial charge in [0.25, 0.3) is 0 Å². The number of piperazine rings is 1. The highest BCUT2D eigenvalue weighted by atomic mass is 16.6. The third-order valence-corrected chi connectivity index (χ3v) is 12.6. The fourth-order valence-electron chi connectivity index (χ4n) is 9.28. The molecule has 0 radical (unpaired) electrons. The van der Waals surface area contributed by atoms with Crippen molar-refractivity contribution in [1.82, 2.24) is 14.7 Å². The third kappa shape index (κ3) is 15.7. The van der Waals surface area contributed by atoms with Crippen LogP contribution in [0.25, 0.3) is 0 Å². The summed E-state index contributed by atoms with van der Waals surface area (Å²) in [4.78, 5) is 69.2. The van der Waals surface area contributed by atoms with Crippen molar-refractivity contribution in [1.29, 1.82) is 0 Å². The van der Waals surface area contributed by atoms with Crippen LogP contribution < -0.4 is 5.73 Å². The number of hydrogen-bond acceptors (Lipinski definition) is 9. The van der Waals surface area contributed by atoms with Crippen LogP contribution in [0.4, 0.5) is 4.79 Å². The number of amides is 3. The molecule has 2 fully saturated rings. The third-order valence-electron chi connectivity index (χ3n) is 12.6. The van der Waals surface area contributed by atoms with Crippen molar-refractivity contribution in [3.05, 3.63) is 143 Å². The molecule has 0 bridgehead atoms. The van der Waals surface area contributed by atoms with Gasteiger partial charge in [-0.25, -0.2) is 4.79 Å². The first kappa shape index (κ1) is 52.3. The van der Waals surface area contributed by atoms with Gasteiger partial charge in [-0.05, 0) is 112 Å². The van der Waals surface area contributed by atoms with Gasteiger partial charge in [-0.2, -0.15) is 0 Å². The van der Waals surface area contributed by atoms with Crippen molar-refractivity contribution in [2.24, 2.45) is 23.5 Å². The molecule has 4 aromatic rings. The minimum Gasteiger partial charge on any atom is -0.444 e. The summed E-state index contributed by atoms with van der Waals surface area (Å²) >= 11 is 0. The van der Waals surface area contributed by atoms with E-state index in [9.17, 15) is 34.2 Å². The van der Waals surface area contributed by atoms with Crippen molar-refractivity contribution in [3.63, 3.8) is 0 Å². The molecule has 6 atom stereocenters. The molecule has 3 amide bonds. The van der Waals surface area contributed by atoms with E-state index in [1.165, 1.54) is 11.8 Å². The van der Waals surface area contributed by atoms with Crippen molar-refractivity contribution < 1.29 is 38.9 Å². The molecule has 12 nitrogen and oxygen atoms in total. The van der Waals surface area contributed by atoms with Crippen molar-refractivity contribution in [2.45, 2.75) is 130 Å². The van der Waals surface area contributed by atoms with E-state index in [1.807, 2.05) is 108 Å². The zero-order valence-electron chi connectivity index (χ0n) is 40.3. The van der Waals surface area contributed by atoms with Crippen LogP contribution in [0.2, 0.25) is 0 Å². The average Bonchev–Trinajstić information content (AvgIpc) is 3.29. The number of rotatable bonds is 18. The number of ether oxygens (including phenoxy) is 1. The summed E-state index contributed by atoms with van der Waals surface area (Å²) in [7, 11) is 0. The van der Waals surface area contributed by atoms with E-state index in [0.717, 1.165) is 46.2 Å². The van der Waals surface area contributed by atoms with Gasteiger partial charge < -0.3 is 40.1 Å². The van der Waals surface area contributed by atoms with Gasteiger partial charge in [-0.15, -0.1) is 0 Å². The molecule has 0 aromatic heterocycles. The maximum atomic E-state index is 13.8. The quantitative estimate of drug-likeness (QED) is 0.0916. The lowest BCUT2D eigenvalue weighted by Crippen LogP contribution is -2.64. The van der Waals surface area contributed by atoms with Crippen LogP contribution in [-0.4, -0.2) is 97.9 Å². The molecule has 0 spiro atoms. The van der Waals surface area contributed by atoms with Crippen molar-refractivity contribution >= 4 is 29.5 Å². The van der Waals surface area contributed by atoms with Gasteiger partial charge in [0.15, 0.2) is 0 Å². The van der Waals surface area contributed by atoms with E-state index in [0.29, 0.717) is 52.0 Å². The maximum Gasteiger partial charge on any atom is 0.411 e. The number of Topliss-reactive ketones (excluding diaryl/α,β-unsaturated/α-hetero) is 2. The van der Waals surface area contributed by atoms with Gasteiger partial charge in [0.2, 0.25) is 11.8 Å². The van der Waals surface area contributed by atoms with Crippen molar-refractivity contribution in [3.8, 4) is 0 Å². The van der Waals surface area contributed by atoms with E-state index in [1.54, 1.807) is 32.6 Å². The second kappa shape index (κ2) is 24.9. The number of nitrogens with zero attached hydrogens (tertiary/aromatic N) is 3. The summed E-state index contributed by atoms with van der Waals surface area (Å²) in [6.07, 6.45) is 0.983. The summed E-state index contributed by atoms with van der Waals surface area (Å²) in [6, 6.07) is 34.3. The van der Waals surface area contributed by atoms with Gasteiger partial charge in [-0.3, -0.25) is 14.5 Å². The minimum absolute atomic E-state index is 0.0122. The van der Waals surface area contributed by atoms with Gasteiger partial charge in [0.1, 0.15) is 23.2 Å². The summed E-state index contributed by atoms with van der Waals surface area (Å²) in [5, 5.41) is 22.9. The molecule has 0 saturated carbocycles. The van der Waals surface area contributed by atoms with Gasteiger partial charge in [0.05, 0.1) is 18.1 Å². The number of aliphatic hydroxyl groups is 2. The first-order valence-electron chi connectivity index (χ1n) is 23.8. The minimum atomic E-state index is -1.24. The highest BCUT2D eigenvalue weighted by Gasteiger charge is 2.46. The SMILES string of the molecule is CC(=O)C[C@@H](Cc1cccc(CN)c1)[C@H](O)[C@@H]1CCCN(Cc2ccccc2)C1=O.CCc1cccc(C[C@H](CC(C)=O)[C@H](O)[C@H]2C(=O)N(Cc3ccccc3)CCN2C(=O)OC(C)(C)C)c1. The highest BCUT2D eigenvalue weighted by molar-refractivity contribution is 5.88. The van der Waals surface area contributed by atoms with Crippen LogP contribution in [0, 0.1) is 17.8 Å². The fourth-order valence-corrected chi connectivity index (χ4v) is 9.28. The first-order valence-corrected chi connectivity index (χ1v) is 23.8. The molecule has 6 rings (SSSR count). The number of aryl methyl sites for hydroxylation is 1. The van der Waals surface area contributed by atoms with E-state index in [4.69, 9.17) is 10.5 Å². The van der Waals surface area contributed by atoms with E-state index in [2.05, 4.69) is 13.0 Å². The smallest absolute Gasteiger partial charge is 0.411 e. The Morgan fingerprint density at radius 1 is 0.657 bits per heavy atom. The molecule has 2 heterocycles. The van der Waals surface area contributed by atoms with E-state index < -0.39 is 41.8 Å². The molecule has 12 heteroatoms. The lowest BCUT2D eigenvalue weighted by atomic mass is 9.79. The Labute approximate surface area is 397 Å². The molecular weight excluding hydrogens is 845 g/mol. The molecule has 4 N–H and O–H groups in total. The Kier molecular flexibility index (Phi) is 19.4. The van der Waals surface area contributed by atoms with Crippen LogP contribution in [-0.2, 0) is 62.8 Å². The zero-order valence-corrected chi connectivity index (χ0v) is 40.3. The average molecular weight is 917 g/mol. The molecule has 2 aliphatic heterocycles. The standard InChI is InChI=1S/C30H40N2O5.C25H32N2O3/c1-6-22-13-10-14-24(18-22)19-25(17-21(2)33)27(34)26-28(35)31(20-23-11-8-7-9-12-23)15-16-32(26)29(36)37-30(3,4)5;1-18(28)13-22(15-20-9-5-10-21(14-20)16-26)24(29)23-11-6-12-27(25(23)30)17-19-7-3-2-4-8-19/h7-14,18,25-27,34H,6,15-17,19-20H2,1-5H3;2-5,7-10,14,22-24,29H,6,11-13,15-17,26H2,1H3/t25-,26-,27-;22-,23-,24-/m00/s1. The molecule has 0 aliphatic carbocycles. The van der Waals surface area contributed by atoms with Crippen LogP contribution >= 0.6 is 0 Å². The van der Waals surface area contributed by atoms with Gasteiger partial charge >= 0.3 is 6.09 Å². The monoisotopic (exact) mass is 917 g/mol. The number of piperidine rings is 1. The Morgan fingerprint density at radius 2 is 1.13 bits per heavy atom. The van der Waals surface area contributed by atoms with Crippen LogP contribution in [0.15, 0.2) is 109 Å². The van der Waals surface area contributed by atoms with Gasteiger partial charge in [0, 0.05) is 52.1 Å². The van der Waals surface area contributed by atoms with Gasteiger partial charge in [-0.1, -0.05) is 116 Å². The number of carbonyl (C=O) groups is 5. The lowest BCUT2D eigenvalue weighted by Gasteiger charge is -2.44. The molecular formula is C55H72N4O8. The number of aliphatic hydroxyl groups excluding tert-OH is 2. The Balaban J connectivity index is 0.000000256. The molecule has 67 heavy (non-hydrogen) atoms. The largest absolute Gasteiger partial charge is 0.444 e. The Morgan fingerprint density at radius 3 is 1.64 bits per heavy atom. The second-order valence-electron chi connectivity index (χ2n) is 19.3. The summed E-state index contributed by atoms with van der Waals surface area (Å²) < 4.78 is 5.61. The normalized spacial score (nSPS) is 18.3. The van der Waals surface area contributed by atoms with Crippen molar-refractivity contribution in [2.75, 3.05) is 19.6 Å². The van der Waals surface area contributed by atoms with E-state index >= 15 is 0 Å². The molecule has 360 valence electrons. The van der Waals surface area contributed by atoms with Crippen LogP contribution in [0.5, 0.6) is 0 Å².